The molecule has 1 aliphatic heterocycles. The Balaban J connectivity index is 2.51. The fourth-order valence-corrected chi connectivity index (χ4v) is 1.71. The molecule has 0 spiro atoms. The minimum absolute atomic E-state index is 0.276. The van der Waals surface area contributed by atoms with Crippen LogP contribution >= 0.6 is 22.9 Å². The summed E-state index contributed by atoms with van der Waals surface area (Å²) >= 11 is 2.06. The molecule has 0 saturated carbocycles. The van der Waals surface area contributed by atoms with Crippen LogP contribution < -0.4 is 0 Å². The van der Waals surface area contributed by atoms with Crippen LogP contribution in [-0.2, 0) is 4.79 Å². The normalized spacial score (nSPS) is 29.5. The lowest BCUT2D eigenvalue weighted by molar-refractivity contribution is -0.122. The minimum atomic E-state index is 0.276. The Bertz CT molecular complexity index is 115. The molecule has 0 aromatic rings. The van der Waals surface area contributed by atoms with Gasteiger partial charge in [-0.25, -0.2) is 0 Å². The number of nitrogens with zero attached hydrogens (tertiary/aromatic N) is 1. The zero-order valence-electron chi connectivity index (χ0n) is 4.72. The van der Waals surface area contributed by atoms with Crippen molar-refractivity contribution in [1.29, 1.82) is 0 Å². The molecule has 0 aliphatic carbocycles. The summed E-state index contributed by atoms with van der Waals surface area (Å²) in [6.45, 7) is 3.02. The molecule has 46 valence electrons. The first kappa shape index (κ1) is 6.32. The summed E-state index contributed by atoms with van der Waals surface area (Å²) in [6, 6.07) is 0. The van der Waals surface area contributed by atoms with Gasteiger partial charge in [-0.15, -0.1) is 0 Å². The Hall–Kier alpha value is 0.200. The van der Waals surface area contributed by atoms with E-state index < -0.39 is 0 Å². The first-order chi connectivity index (χ1) is 3.70. The molecular formula is C5H8INO. The van der Waals surface area contributed by atoms with Gasteiger partial charge in [0.2, 0.25) is 5.91 Å². The maximum absolute atomic E-state index is 10.7. The van der Waals surface area contributed by atoms with E-state index in [9.17, 15) is 4.79 Å². The molecule has 1 unspecified atom stereocenters. The van der Waals surface area contributed by atoms with E-state index in [0.717, 1.165) is 13.0 Å². The van der Waals surface area contributed by atoms with Crippen LogP contribution in [0, 0.1) is 5.92 Å². The predicted molar refractivity (Wildman–Crippen MR) is 39.5 cm³/mol. The molecule has 0 bridgehead atoms. The zero-order chi connectivity index (χ0) is 6.15. The van der Waals surface area contributed by atoms with Crippen molar-refractivity contribution >= 4 is 28.8 Å². The van der Waals surface area contributed by atoms with Crippen LogP contribution in [0.5, 0.6) is 0 Å². The molecule has 8 heavy (non-hydrogen) atoms. The largest absolute Gasteiger partial charge is 0.285 e. The highest BCUT2D eigenvalue weighted by molar-refractivity contribution is 14.1. The summed E-state index contributed by atoms with van der Waals surface area (Å²) in [5.41, 5.74) is 0. The number of rotatable bonds is 0. The number of hydrogen-bond acceptors (Lipinski definition) is 1. The van der Waals surface area contributed by atoms with Crippen LogP contribution in [0.3, 0.4) is 0 Å². The fourth-order valence-electron chi connectivity index (χ4n) is 0.837. The molecule has 1 saturated heterocycles. The lowest BCUT2D eigenvalue weighted by Crippen LogP contribution is -2.10. The first-order valence-corrected chi connectivity index (χ1v) is 3.63. The van der Waals surface area contributed by atoms with Crippen LogP contribution in [0.1, 0.15) is 13.3 Å². The fraction of sp³-hybridized carbons (Fsp3) is 0.800. The lowest BCUT2D eigenvalue weighted by Gasteiger charge is -2.01. The smallest absolute Gasteiger partial charge is 0.231 e. The highest BCUT2D eigenvalue weighted by Gasteiger charge is 2.23. The lowest BCUT2D eigenvalue weighted by atomic mass is 10.2. The molecule has 1 amide bonds. The number of amides is 1. The van der Waals surface area contributed by atoms with Crippen molar-refractivity contribution in [2.45, 2.75) is 13.3 Å². The number of carbonyl (C=O) groups excluding carboxylic acids is 1. The summed E-state index contributed by atoms with van der Waals surface area (Å²) in [5, 5.41) is 0. The molecule has 1 aliphatic rings. The Morgan fingerprint density at radius 2 is 2.50 bits per heavy atom. The molecular weight excluding hydrogens is 217 g/mol. The Morgan fingerprint density at radius 1 is 1.88 bits per heavy atom. The zero-order valence-corrected chi connectivity index (χ0v) is 6.88. The molecule has 3 heteroatoms. The maximum Gasteiger partial charge on any atom is 0.231 e. The quantitative estimate of drug-likeness (QED) is 0.448. The number of carbonyl (C=O) groups is 1. The van der Waals surface area contributed by atoms with E-state index in [-0.39, 0.29) is 5.91 Å². The van der Waals surface area contributed by atoms with Crippen molar-refractivity contribution in [3.63, 3.8) is 0 Å². The third-order valence-corrected chi connectivity index (χ3v) is 2.20. The van der Waals surface area contributed by atoms with E-state index in [1.165, 1.54) is 0 Å². The summed E-state index contributed by atoms with van der Waals surface area (Å²) < 4.78 is 1.75. The van der Waals surface area contributed by atoms with Crippen molar-refractivity contribution in [1.82, 2.24) is 3.11 Å². The van der Waals surface area contributed by atoms with Crippen molar-refractivity contribution in [3.05, 3.63) is 0 Å². The van der Waals surface area contributed by atoms with Crippen LogP contribution in [0.2, 0.25) is 0 Å². The van der Waals surface area contributed by atoms with E-state index in [2.05, 4.69) is 29.8 Å². The Labute approximate surface area is 62.7 Å². The van der Waals surface area contributed by atoms with Crippen molar-refractivity contribution in [2.24, 2.45) is 5.92 Å². The van der Waals surface area contributed by atoms with Gasteiger partial charge < -0.3 is 0 Å². The minimum Gasteiger partial charge on any atom is -0.285 e. The van der Waals surface area contributed by atoms with Gasteiger partial charge in [-0.1, -0.05) is 6.92 Å². The van der Waals surface area contributed by atoms with Crippen LogP contribution in [-0.4, -0.2) is 15.6 Å². The topological polar surface area (TPSA) is 20.3 Å². The summed E-state index contributed by atoms with van der Waals surface area (Å²) in [6.07, 6.45) is 0.739. The van der Waals surface area contributed by atoms with Gasteiger partial charge in [-0.05, 0) is 5.92 Å². The third kappa shape index (κ3) is 1.13. The molecule has 1 heterocycles. The van der Waals surface area contributed by atoms with E-state index in [0.29, 0.717) is 5.92 Å². The van der Waals surface area contributed by atoms with Crippen molar-refractivity contribution < 1.29 is 4.79 Å². The van der Waals surface area contributed by atoms with Gasteiger partial charge in [-0.3, -0.25) is 7.91 Å². The molecule has 1 fully saturated rings. The molecule has 1 atom stereocenters. The molecule has 0 radical (unpaired) electrons. The molecule has 0 aromatic heterocycles. The highest BCUT2D eigenvalue weighted by Crippen LogP contribution is 2.19. The second-order valence-corrected chi connectivity index (χ2v) is 3.41. The van der Waals surface area contributed by atoms with E-state index in [1.54, 1.807) is 3.11 Å². The molecule has 0 N–H and O–H groups in total. The predicted octanol–water partition coefficient (Wildman–Crippen LogP) is 1.20. The second-order valence-electron chi connectivity index (χ2n) is 2.25. The SMILES string of the molecule is CC1CC(=O)N(I)C1. The van der Waals surface area contributed by atoms with Gasteiger partial charge >= 0.3 is 0 Å². The van der Waals surface area contributed by atoms with E-state index >= 15 is 0 Å². The summed E-state index contributed by atoms with van der Waals surface area (Å²) in [7, 11) is 0. The number of halogens is 1. The van der Waals surface area contributed by atoms with Crippen LogP contribution in [0.15, 0.2) is 0 Å². The standard InChI is InChI=1S/C5H8INO/c1-4-2-5(8)7(6)3-4/h4H,2-3H2,1H3. The second kappa shape index (κ2) is 2.21. The van der Waals surface area contributed by atoms with Gasteiger partial charge in [0.25, 0.3) is 0 Å². The highest BCUT2D eigenvalue weighted by atomic mass is 127. The Kier molecular flexibility index (Phi) is 1.74. The summed E-state index contributed by atoms with van der Waals surface area (Å²) in [4.78, 5) is 10.7. The van der Waals surface area contributed by atoms with Gasteiger partial charge in [0.15, 0.2) is 0 Å². The van der Waals surface area contributed by atoms with Gasteiger partial charge in [-0.2, -0.15) is 0 Å². The average Bonchev–Trinajstić information content (AvgIpc) is 1.85. The van der Waals surface area contributed by atoms with Gasteiger partial charge in [0.05, 0.1) is 22.9 Å². The number of hydrogen-bond donors (Lipinski definition) is 0. The molecule has 0 aromatic carbocycles. The van der Waals surface area contributed by atoms with E-state index in [1.807, 2.05) is 0 Å². The average molecular weight is 225 g/mol. The third-order valence-electron chi connectivity index (χ3n) is 1.27. The first-order valence-electron chi connectivity index (χ1n) is 2.66. The maximum atomic E-state index is 10.7. The Morgan fingerprint density at radius 3 is 2.62 bits per heavy atom. The van der Waals surface area contributed by atoms with Crippen molar-refractivity contribution in [3.8, 4) is 0 Å². The van der Waals surface area contributed by atoms with Gasteiger partial charge in [0.1, 0.15) is 0 Å². The van der Waals surface area contributed by atoms with Crippen LogP contribution in [0.4, 0.5) is 0 Å². The molecule has 1 rings (SSSR count). The van der Waals surface area contributed by atoms with Crippen molar-refractivity contribution in [2.75, 3.05) is 6.54 Å². The van der Waals surface area contributed by atoms with Crippen LogP contribution in [0.25, 0.3) is 0 Å². The molecule has 2 nitrogen and oxygen atoms in total. The summed E-state index contributed by atoms with van der Waals surface area (Å²) in [5.74, 6) is 0.845. The van der Waals surface area contributed by atoms with Gasteiger partial charge in [0, 0.05) is 13.0 Å². The monoisotopic (exact) mass is 225 g/mol. The van der Waals surface area contributed by atoms with E-state index in [4.69, 9.17) is 0 Å².